The molecule has 0 saturated carbocycles. The highest BCUT2D eigenvalue weighted by Gasteiger charge is 2.30. The van der Waals surface area contributed by atoms with Crippen molar-refractivity contribution < 1.29 is 23.7 Å². The van der Waals surface area contributed by atoms with Crippen molar-refractivity contribution in [3.05, 3.63) is 65.1 Å². The Morgan fingerprint density at radius 1 is 0.914 bits per heavy atom. The molecule has 0 N–H and O–H groups in total. The average Bonchev–Trinajstić information content (AvgIpc) is 3.21. The van der Waals surface area contributed by atoms with E-state index in [0.717, 1.165) is 39.5 Å². The third kappa shape index (κ3) is 3.84. The van der Waals surface area contributed by atoms with E-state index in [2.05, 4.69) is 5.10 Å². The van der Waals surface area contributed by atoms with Crippen LogP contribution in [0.5, 0.6) is 23.0 Å². The minimum absolute atomic E-state index is 0.0403. The van der Waals surface area contributed by atoms with Crippen molar-refractivity contribution in [1.82, 2.24) is 14.6 Å². The van der Waals surface area contributed by atoms with E-state index in [1.54, 1.807) is 33.0 Å². The number of aryl methyl sites for hydroxylation is 1. The van der Waals surface area contributed by atoms with Crippen LogP contribution in [0.2, 0.25) is 0 Å². The van der Waals surface area contributed by atoms with Crippen LogP contribution in [0, 0.1) is 6.92 Å². The molecule has 0 bridgehead atoms. The van der Waals surface area contributed by atoms with E-state index < -0.39 is 0 Å². The Morgan fingerprint density at radius 3 is 2.20 bits per heavy atom. The molecule has 5 rings (SSSR count). The first-order valence-corrected chi connectivity index (χ1v) is 11.3. The SMILES string of the molecule is COc1ccc(-c2c(C)nn3cc4c(nc23)CC(c2cc(OC)c(OC)c(OC)c2)CC4=O)cc1. The Balaban J connectivity index is 1.58. The largest absolute Gasteiger partial charge is 0.497 e. The summed E-state index contributed by atoms with van der Waals surface area (Å²) in [5.41, 5.74) is 5.84. The van der Waals surface area contributed by atoms with E-state index in [0.29, 0.717) is 35.7 Å². The van der Waals surface area contributed by atoms with Crippen molar-refractivity contribution in [2.75, 3.05) is 28.4 Å². The van der Waals surface area contributed by atoms with Crippen LogP contribution in [-0.2, 0) is 6.42 Å². The molecule has 1 aliphatic carbocycles. The Kier molecular flexibility index (Phi) is 5.80. The standard InChI is InChI=1S/C27H27N3O5/c1-15-25(16-6-8-19(32-2)9-7-16)27-28-21-10-17(11-22(31)20(21)14-30(27)29-15)18-12-23(33-3)26(35-5)24(13-18)34-4/h6-9,12-14,17H,10-11H2,1-5H3. The number of methoxy groups -OCH3 is 4. The van der Waals surface area contributed by atoms with Gasteiger partial charge in [-0.1, -0.05) is 12.1 Å². The van der Waals surface area contributed by atoms with E-state index >= 15 is 0 Å². The molecule has 1 atom stereocenters. The molecule has 1 aliphatic rings. The Hall–Kier alpha value is -4.07. The fourth-order valence-electron chi connectivity index (χ4n) is 4.81. The number of hydrogen-bond acceptors (Lipinski definition) is 7. The van der Waals surface area contributed by atoms with Gasteiger partial charge in [-0.15, -0.1) is 0 Å². The highest BCUT2D eigenvalue weighted by atomic mass is 16.5. The summed E-state index contributed by atoms with van der Waals surface area (Å²) in [6, 6.07) is 11.6. The molecule has 0 aliphatic heterocycles. The zero-order valence-electron chi connectivity index (χ0n) is 20.4. The Morgan fingerprint density at radius 2 is 1.60 bits per heavy atom. The Labute approximate surface area is 203 Å². The lowest BCUT2D eigenvalue weighted by atomic mass is 9.82. The van der Waals surface area contributed by atoms with Crippen molar-refractivity contribution in [2.24, 2.45) is 0 Å². The van der Waals surface area contributed by atoms with Gasteiger partial charge in [0.1, 0.15) is 5.75 Å². The minimum atomic E-state index is -0.0629. The third-order valence-corrected chi connectivity index (χ3v) is 6.57. The number of ketones is 1. The van der Waals surface area contributed by atoms with Gasteiger partial charge in [-0.3, -0.25) is 4.79 Å². The highest BCUT2D eigenvalue weighted by Crippen LogP contribution is 2.43. The van der Waals surface area contributed by atoms with Gasteiger partial charge in [-0.05, 0) is 54.7 Å². The molecule has 8 heteroatoms. The van der Waals surface area contributed by atoms with E-state index in [-0.39, 0.29) is 11.7 Å². The number of nitrogens with zero attached hydrogens (tertiary/aromatic N) is 3. The van der Waals surface area contributed by atoms with E-state index in [1.165, 1.54) is 0 Å². The fraction of sp³-hybridized carbons (Fsp3) is 0.296. The van der Waals surface area contributed by atoms with Crippen molar-refractivity contribution in [3.8, 4) is 34.1 Å². The number of fused-ring (bicyclic) bond motifs is 2. The average molecular weight is 474 g/mol. The summed E-state index contributed by atoms with van der Waals surface area (Å²) >= 11 is 0. The zero-order chi connectivity index (χ0) is 24.7. The summed E-state index contributed by atoms with van der Waals surface area (Å²) in [4.78, 5) is 18.2. The molecule has 2 aromatic heterocycles. The number of carbonyl (C=O) groups excluding carboxylic acids is 1. The second-order valence-electron chi connectivity index (χ2n) is 8.55. The van der Waals surface area contributed by atoms with E-state index in [4.69, 9.17) is 23.9 Å². The molecule has 0 saturated heterocycles. The fourth-order valence-corrected chi connectivity index (χ4v) is 4.81. The number of rotatable bonds is 6. The predicted octanol–water partition coefficient (Wildman–Crippen LogP) is 4.65. The summed E-state index contributed by atoms with van der Waals surface area (Å²) in [7, 11) is 6.39. The van der Waals surface area contributed by atoms with E-state index in [9.17, 15) is 4.79 Å². The first-order valence-electron chi connectivity index (χ1n) is 11.3. The zero-order valence-corrected chi connectivity index (χ0v) is 20.4. The number of carbonyl (C=O) groups is 1. The number of ether oxygens (including phenoxy) is 4. The van der Waals surface area contributed by atoms with Crippen LogP contribution < -0.4 is 18.9 Å². The lowest BCUT2D eigenvalue weighted by Gasteiger charge is -2.24. The molecule has 0 radical (unpaired) electrons. The van der Waals surface area contributed by atoms with Gasteiger partial charge in [0, 0.05) is 18.2 Å². The van der Waals surface area contributed by atoms with Gasteiger partial charge in [0.25, 0.3) is 0 Å². The van der Waals surface area contributed by atoms with Gasteiger partial charge < -0.3 is 18.9 Å². The molecule has 180 valence electrons. The second kappa shape index (κ2) is 8.94. The second-order valence-corrected chi connectivity index (χ2v) is 8.55. The summed E-state index contributed by atoms with van der Waals surface area (Å²) in [5.74, 6) is 2.42. The quantitative estimate of drug-likeness (QED) is 0.403. The molecule has 35 heavy (non-hydrogen) atoms. The third-order valence-electron chi connectivity index (χ3n) is 6.57. The molecule has 8 nitrogen and oxygen atoms in total. The Bertz CT molecular complexity index is 1400. The maximum absolute atomic E-state index is 13.2. The molecular formula is C27H27N3O5. The maximum Gasteiger partial charge on any atom is 0.203 e. The normalized spacial score (nSPS) is 15.1. The van der Waals surface area contributed by atoms with Gasteiger partial charge in [-0.25, -0.2) is 9.50 Å². The minimum Gasteiger partial charge on any atom is -0.497 e. The number of Topliss-reactive ketones (excluding diaryl/α,β-unsaturated/α-hetero) is 1. The molecule has 0 spiro atoms. The number of hydrogen-bond donors (Lipinski definition) is 0. The van der Waals surface area contributed by atoms with Crippen LogP contribution in [0.4, 0.5) is 0 Å². The van der Waals surface area contributed by atoms with Crippen molar-refractivity contribution in [1.29, 1.82) is 0 Å². The monoisotopic (exact) mass is 473 g/mol. The molecule has 0 fully saturated rings. The molecule has 2 aromatic carbocycles. The summed E-state index contributed by atoms with van der Waals surface area (Å²) in [5, 5.41) is 4.64. The first kappa shape index (κ1) is 22.7. The molecule has 4 aromatic rings. The lowest BCUT2D eigenvalue weighted by molar-refractivity contribution is 0.0962. The van der Waals surface area contributed by atoms with Crippen LogP contribution in [0.25, 0.3) is 16.8 Å². The van der Waals surface area contributed by atoms with Crippen LogP contribution in [0.3, 0.4) is 0 Å². The van der Waals surface area contributed by atoms with E-state index in [1.807, 2.05) is 49.5 Å². The smallest absolute Gasteiger partial charge is 0.203 e. The van der Waals surface area contributed by atoms with Crippen molar-refractivity contribution in [2.45, 2.75) is 25.7 Å². The van der Waals surface area contributed by atoms with Crippen LogP contribution >= 0.6 is 0 Å². The van der Waals surface area contributed by atoms with Crippen LogP contribution in [-0.4, -0.2) is 48.8 Å². The van der Waals surface area contributed by atoms with Crippen molar-refractivity contribution >= 4 is 11.4 Å². The molecule has 0 amide bonds. The van der Waals surface area contributed by atoms with Crippen molar-refractivity contribution in [3.63, 3.8) is 0 Å². The van der Waals surface area contributed by atoms with Gasteiger partial charge in [-0.2, -0.15) is 5.10 Å². The topological polar surface area (TPSA) is 84.2 Å². The molecule has 1 unspecified atom stereocenters. The summed E-state index contributed by atoms with van der Waals surface area (Å²) < 4.78 is 23.5. The van der Waals surface area contributed by atoms with Crippen LogP contribution in [0.1, 0.15) is 39.6 Å². The first-order chi connectivity index (χ1) is 17.0. The van der Waals surface area contributed by atoms with Gasteiger partial charge in [0.2, 0.25) is 5.75 Å². The number of aromatic nitrogens is 3. The van der Waals surface area contributed by atoms with Gasteiger partial charge in [0.15, 0.2) is 22.9 Å². The summed E-state index contributed by atoms with van der Waals surface area (Å²) in [6.07, 6.45) is 2.79. The van der Waals surface area contributed by atoms with Gasteiger partial charge >= 0.3 is 0 Å². The molecule has 2 heterocycles. The maximum atomic E-state index is 13.2. The van der Waals surface area contributed by atoms with Gasteiger partial charge in [0.05, 0.1) is 45.4 Å². The highest BCUT2D eigenvalue weighted by molar-refractivity contribution is 5.99. The lowest BCUT2D eigenvalue weighted by Crippen LogP contribution is -2.21. The molecular weight excluding hydrogens is 446 g/mol. The predicted molar refractivity (Wildman–Crippen MR) is 131 cm³/mol. The summed E-state index contributed by atoms with van der Waals surface area (Å²) in [6.45, 7) is 1.95. The van der Waals surface area contributed by atoms with Crippen LogP contribution in [0.15, 0.2) is 42.6 Å². The number of benzene rings is 2.